The van der Waals surface area contributed by atoms with Gasteiger partial charge in [0.05, 0.1) is 6.54 Å². The van der Waals surface area contributed by atoms with Gasteiger partial charge in [0, 0.05) is 49.7 Å². The van der Waals surface area contributed by atoms with Gasteiger partial charge < -0.3 is 20.7 Å². The average Bonchev–Trinajstić information content (AvgIpc) is 2.81. The number of hydrogen-bond donors (Lipinski definition) is 3. The Kier molecular flexibility index (Phi) is 7.10. The second kappa shape index (κ2) is 10.2. The second-order valence-electron chi connectivity index (χ2n) is 8.82. The Hall–Kier alpha value is -2.86. The minimum Gasteiger partial charge on any atom is -0.381 e. The van der Waals surface area contributed by atoms with Crippen molar-refractivity contribution in [2.45, 2.75) is 44.4 Å². The zero-order valence-corrected chi connectivity index (χ0v) is 19.1. The summed E-state index contributed by atoms with van der Waals surface area (Å²) in [7, 11) is 0. The van der Waals surface area contributed by atoms with Crippen molar-refractivity contribution in [1.82, 2.24) is 10.6 Å². The lowest BCUT2D eigenvalue weighted by Crippen LogP contribution is -2.43. The first kappa shape index (κ1) is 22.3. The molecule has 0 radical (unpaired) electrons. The highest BCUT2D eigenvalue weighted by molar-refractivity contribution is 5.94. The maximum atomic E-state index is 12.2. The predicted octanol–water partition coefficient (Wildman–Crippen LogP) is 3.72. The van der Waals surface area contributed by atoms with E-state index in [0.29, 0.717) is 19.5 Å². The van der Waals surface area contributed by atoms with E-state index in [4.69, 9.17) is 9.73 Å². The number of nitrogens with one attached hydrogen (secondary N) is 3. The van der Waals surface area contributed by atoms with E-state index >= 15 is 0 Å². The van der Waals surface area contributed by atoms with Crippen LogP contribution in [0.1, 0.15) is 48.8 Å². The van der Waals surface area contributed by atoms with Crippen LogP contribution in [-0.4, -0.2) is 44.7 Å². The third-order valence-electron chi connectivity index (χ3n) is 6.67. The van der Waals surface area contributed by atoms with Crippen molar-refractivity contribution in [2.24, 2.45) is 4.99 Å². The molecule has 1 fully saturated rings. The quantitative estimate of drug-likeness (QED) is 0.478. The van der Waals surface area contributed by atoms with Gasteiger partial charge in [0.2, 0.25) is 5.91 Å². The molecule has 2 aromatic rings. The minimum absolute atomic E-state index is 0.0106. The highest BCUT2D eigenvalue weighted by Gasteiger charge is 2.35. The number of amides is 1. The van der Waals surface area contributed by atoms with Gasteiger partial charge in [0.1, 0.15) is 0 Å². The number of rotatable bonds is 6. The van der Waals surface area contributed by atoms with E-state index in [0.717, 1.165) is 44.2 Å². The van der Waals surface area contributed by atoms with Crippen molar-refractivity contribution in [3.8, 4) is 0 Å². The molecule has 170 valence electrons. The van der Waals surface area contributed by atoms with Gasteiger partial charge in [-0.1, -0.05) is 42.5 Å². The Balaban J connectivity index is 1.51. The summed E-state index contributed by atoms with van der Waals surface area (Å²) in [4.78, 5) is 17.2. The smallest absolute Gasteiger partial charge is 0.225 e. The molecule has 2 aliphatic rings. The molecule has 4 rings (SSSR count). The monoisotopic (exact) mass is 434 g/mol. The van der Waals surface area contributed by atoms with Gasteiger partial charge in [0.15, 0.2) is 5.96 Å². The number of ether oxygens (including phenoxy) is 1. The molecule has 6 nitrogen and oxygen atoms in total. The molecule has 0 spiro atoms. The lowest BCUT2D eigenvalue weighted by atomic mass is 9.72. The zero-order valence-electron chi connectivity index (χ0n) is 19.1. The third-order valence-corrected chi connectivity index (χ3v) is 6.67. The molecule has 2 heterocycles. The molecule has 0 aliphatic carbocycles. The van der Waals surface area contributed by atoms with E-state index in [1.54, 1.807) is 0 Å². The van der Waals surface area contributed by atoms with Crippen LogP contribution in [0.2, 0.25) is 0 Å². The maximum Gasteiger partial charge on any atom is 0.225 e. The fourth-order valence-electron chi connectivity index (χ4n) is 4.92. The molecule has 0 saturated carbocycles. The summed E-state index contributed by atoms with van der Waals surface area (Å²) < 4.78 is 5.69. The van der Waals surface area contributed by atoms with Gasteiger partial charge in [-0.25, -0.2) is 0 Å². The lowest BCUT2D eigenvalue weighted by molar-refractivity contribution is -0.116. The SMILES string of the molecule is CCNC(=NCC1(c2ccccc2C)CCOCC1)NCC1CC(=O)Nc2ccccc21. The Morgan fingerprint density at radius 2 is 1.88 bits per heavy atom. The molecule has 0 bridgehead atoms. The molecule has 1 unspecified atom stereocenters. The van der Waals surface area contributed by atoms with Crippen molar-refractivity contribution in [2.75, 3.05) is 38.2 Å². The number of benzene rings is 2. The van der Waals surface area contributed by atoms with Gasteiger partial charge >= 0.3 is 0 Å². The Bertz CT molecular complexity index is 966. The molecule has 6 heteroatoms. The van der Waals surface area contributed by atoms with Gasteiger partial charge in [-0.3, -0.25) is 9.79 Å². The van der Waals surface area contributed by atoms with Gasteiger partial charge in [-0.15, -0.1) is 0 Å². The topological polar surface area (TPSA) is 74.8 Å². The van der Waals surface area contributed by atoms with E-state index in [1.807, 2.05) is 18.2 Å². The number of guanidine groups is 1. The van der Waals surface area contributed by atoms with E-state index in [9.17, 15) is 4.79 Å². The molecule has 3 N–H and O–H groups in total. The maximum absolute atomic E-state index is 12.2. The van der Waals surface area contributed by atoms with Crippen LogP contribution >= 0.6 is 0 Å². The van der Waals surface area contributed by atoms with Crippen molar-refractivity contribution < 1.29 is 9.53 Å². The number of para-hydroxylation sites is 1. The van der Waals surface area contributed by atoms with Crippen LogP contribution in [0.15, 0.2) is 53.5 Å². The Morgan fingerprint density at radius 3 is 2.66 bits per heavy atom. The number of aryl methyl sites for hydroxylation is 1. The van der Waals surface area contributed by atoms with Crippen LogP contribution in [0.3, 0.4) is 0 Å². The molecular formula is C26H34N4O2. The zero-order chi connectivity index (χ0) is 22.4. The average molecular weight is 435 g/mol. The highest BCUT2D eigenvalue weighted by Crippen LogP contribution is 2.37. The summed E-state index contributed by atoms with van der Waals surface area (Å²) in [5, 5.41) is 9.86. The number of aliphatic imine (C=N–C) groups is 1. The minimum atomic E-state index is -0.0106. The van der Waals surface area contributed by atoms with E-state index in [1.165, 1.54) is 16.7 Å². The van der Waals surface area contributed by atoms with E-state index in [2.05, 4.69) is 60.1 Å². The number of anilines is 1. The standard InChI is InChI=1S/C26H34N4O2/c1-3-27-25(28-17-20-16-24(31)30-23-11-7-5-9-21(20)23)29-18-26(12-14-32-15-13-26)22-10-6-4-8-19(22)2/h4-11,20H,3,12-18H2,1-2H3,(H,30,31)(H2,27,28,29). The summed E-state index contributed by atoms with van der Waals surface area (Å²) in [6, 6.07) is 16.7. The second-order valence-corrected chi connectivity index (χ2v) is 8.82. The van der Waals surface area contributed by atoms with Crippen LogP contribution in [-0.2, 0) is 14.9 Å². The molecular weight excluding hydrogens is 400 g/mol. The third kappa shape index (κ3) is 4.96. The Morgan fingerprint density at radius 1 is 1.12 bits per heavy atom. The first-order valence-corrected chi connectivity index (χ1v) is 11.7. The van der Waals surface area contributed by atoms with Crippen LogP contribution in [0.5, 0.6) is 0 Å². The molecule has 2 aromatic carbocycles. The van der Waals surface area contributed by atoms with Gasteiger partial charge in [-0.2, -0.15) is 0 Å². The van der Waals surface area contributed by atoms with Gasteiger partial charge in [0.25, 0.3) is 0 Å². The molecule has 2 aliphatic heterocycles. The summed E-state index contributed by atoms with van der Waals surface area (Å²) in [5.74, 6) is 0.991. The first-order valence-electron chi connectivity index (χ1n) is 11.7. The molecule has 1 atom stereocenters. The van der Waals surface area contributed by atoms with E-state index < -0.39 is 0 Å². The van der Waals surface area contributed by atoms with Gasteiger partial charge in [-0.05, 0) is 49.4 Å². The van der Waals surface area contributed by atoms with Crippen molar-refractivity contribution in [1.29, 1.82) is 0 Å². The number of carbonyl (C=O) groups excluding carboxylic acids is 1. The fraction of sp³-hybridized carbons (Fsp3) is 0.462. The first-order chi connectivity index (χ1) is 15.6. The molecule has 1 amide bonds. The summed E-state index contributed by atoms with van der Waals surface area (Å²) in [6.07, 6.45) is 2.42. The van der Waals surface area contributed by atoms with Crippen LogP contribution in [0.25, 0.3) is 0 Å². The molecule has 32 heavy (non-hydrogen) atoms. The Labute approximate surface area is 190 Å². The number of fused-ring (bicyclic) bond motifs is 1. The summed E-state index contributed by atoms with van der Waals surface area (Å²) in [6.45, 7) is 7.95. The fourth-order valence-corrected chi connectivity index (χ4v) is 4.92. The number of hydrogen-bond acceptors (Lipinski definition) is 3. The van der Waals surface area contributed by atoms with Crippen LogP contribution in [0.4, 0.5) is 5.69 Å². The van der Waals surface area contributed by atoms with Crippen LogP contribution < -0.4 is 16.0 Å². The summed E-state index contributed by atoms with van der Waals surface area (Å²) >= 11 is 0. The predicted molar refractivity (Wildman–Crippen MR) is 129 cm³/mol. The van der Waals surface area contributed by atoms with Crippen molar-refractivity contribution >= 4 is 17.6 Å². The highest BCUT2D eigenvalue weighted by atomic mass is 16.5. The molecule has 1 saturated heterocycles. The van der Waals surface area contributed by atoms with Crippen LogP contribution in [0, 0.1) is 6.92 Å². The number of carbonyl (C=O) groups is 1. The summed E-state index contributed by atoms with van der Waals surface area (Å²) in [5.41, 5.74) is 4.77. The molecule has 0 aromatic heterocycles. The normalized spacial score (nSPS) is 20.2. The number of nitrogens with zero attached hydrogens (tertiary/aromatic N) is 1. The largest absolute Gasteiger partial charge is 0.381 e. The lowest BCUT2D eigenvalue weighted by Gasteiger charge is -2.37. The van der Waals surface area contributed by atoms with Crippen molar-refractivity contribution in [3.63, 3.8) is 0 Å². The van der Waals surface area contributed by atoms with E-state index in [-0.39, 0.29) is 17.2 Å². The van der Waals surface area contributed by atoms with Crippen molar-refractivity contribution in [3.05, 3.63) is 65.2 Å².